The van der Waals surface area contributed by atoms with Crippen LogP contribution in [0.3, 0.4) is 0 Å². The second kappa shape index (κ2) is 7.87. The van der Waals surface area contributed by atoms with Crippen molar-refractivity contribution in [2.75, 3.05) is 26.0 Å². The summed E-state index contributed by atoms with van der Waals surface area (Å²) in [4.78, 5) is 29.9. The van der Waals surface area contributed by atoms with E-state index in [-0.39, 0.29) is 18.5 Å². The van der Waals surface area contributed by atoms with Gasteiger partial charge in [-0.25, -0.2) is 4.79 Å². The molecule has 0 saturated carbocycles. The van der Waals surface area contributed by atoms with Gasteiger partial charge in [0.1, 0.15) is 6.54 Å². The minimum atomic E-state index is -0.307. The third kappa shape index (κ3) is 5.38. The van der Waals surface area contributed by atoms with Crippen molar-refractivity contribution in [2.24, 2.45) is 0 Å². The molecular weight excluding hydrogens is 298 g/mol. The highest BCUT2D eigenvalue weighted by Gasteiger charge is 2.09. The fourth-order valence-electron chi connectivity index (χ4n) is 1.73. The molecule has 23 heavy (non-hydrogen) atoms. The maximum atomic E-state index is 11.8. The summed E-state index contributed by atoms with van der Waals surface area (Å²) in [6.45, 7) is 0.501. The highest BCUT2D eigenvalue weighted by atomic mass is 16.2. The molecule has 2 aromatic rings. The molecule has 2 heterocycles. The number of anilines is 1. The smallest absolute Gasteiger partial charge is 0.322 e. The number of nitrogens with one attached hydrogen (secondary N) is 2. The Morgan fingerprint density at radius 1 is 1.30 bits per heavy atom. The SMILES string of the molecule is CN(C)C(=O)Nc1cnn(CC(=O)NCCc2cccnc2)n1. The third-order valence-corrected chi connectivity index (χ3v) is 2.92. The van der Waals surface area contributed by atoms with E-state index >= 15 is 0 Å². The van der Waals surface area contributed by atoms with Gasteiger partial charge in [-0.15, -0.1) is 5.10 Å². The number of nitrogens with zero attached hydrogens (tertiary/aromatic N) is 5. The van der Waals surface area contributed by atoms with Gasteiger partial charge < -0.3 is 10.2 Å². The third-order valence-electron chi connectivity index (χ3n) is 2.92. The molecule has 0 unspecified atom stereocenters. The lowest BCUT2D eigenvalue weighted by atomic mass is 10.2. The molecule has 0 aliphatic rings. The van der Waals surface area contributed by atoms with Gasteiger partial charge in [-0.2, -0.15) is 9.90 Å². The fraction of sp³-hybridized carbons (Fsp3) is 0.357. The molecular formula is C14H19N7O2. The van der Waals surface area contributed by atoms with E-state index < -0.39 is 0 Å². The second-order valence-corrected chi connectivity index (χ2v) is 5.05. The number of hydrogen-bond acceptors (Lipinski definition) is 5. The maximum Gasteiger partial charge on any atom is 0.322 e. The molecule has 0 spiro atoms. The Morgan fingerprint density at radius 2 is 2.13 bits per heavy atom. The predicted octanol–water partition coefficient (Wildman–Crippen LogP) is 0.126. The first-order valence-corrected chi connectivity index (χ1v) is 7.08. The normalized spacial score (nSPS) is 10.2. The number of urea groups is 1. The van der Waals surface area contributed by atoms with E-state index in [1.807, 2.05) is 12.1 Å². The Labute approximate surface area is 133 Å². The molecule has 9 nitrogen and oxygen atoms in total. The maximum absolute atomic E-state index is 11.8. The van der Waals surface area contributed by atoms with Gasteiger partial charge in [0.15, 0.2) is 5.82 Å². The fourth-order valence-corrected chi connectivity index (χ4v) is 1.73. The van der Waals surface area contributed by atoms with Crippen LogP contribution in [0.1, 0.15) is 5.56 Å². The summed E-state index contributed by atoms with van der Waals surface area (Å²) >= 11 is 0. The van der Waals surface area contributed by atoms with Gasteiger partial charge in [-0.1, -0.05) is 6.07 Å². The van der Waals surface area contributed by atoms with E-state index in [1.54, 1.807) is 26.5 Å². The van der Waals surface area contributed by atoms with Crippen LogP contribution in [0.15, 0.2) is 30.7 Å². The lowest BCUT2D eigenvalue weighted by Gasteiger charge is -2.09. The van der Waals surface area contributed by atoms with Crippen molar-refractivity contribution in [3.05, 3.63) is 36.3 Å². The first kappa shape index (κ1) is 16.4. The van der Waals surface area contributed by atoms with Gasteiger partial charge in [0.25, 0.3) is 0 Å². The number of hydrogen-bond donors (Lipinski definition) is 2. The summed E-state index contributed by atoms with van der Waals surface area (Å²) in [5.41, 5.74) is 1.05. The van der Waals surface area contributed by atoms with E-state index in [0.29, 0.717) is 18.8 Å². The summed E-state index contributed by atoms with van der Waals surface area (Å²) in [5.74, 6) is 0.0989. The van der Waals surface area contributed by atoms with Gasteiger partial charge in [0.2, 0.25) is 5.91 Å². The van der Waals surface area contributed by atoms with Crippen LogP contribution >= 0.6 is 0 Å². The van der Waals surface area contributed by atoms with E-state index in [9.17, 15) is 9.59 Å². The summed E-state index contributed by atoms with van der Waals surface area (Å²) in [6, 6.07) is 3.50. The van der Waals surface area contributed by atoms with Gasteiger partial charge >= 0.3 is 6.03 Å². The zero-order valence-corrected chi connectivity index (χ0v) is 13.1. The standard InChI is InChI=1S/C14H19N7O2/c1-20(2)14(23)18-12-9-17-21(19-12)10-13(22)16-7-5-11-4-3-6-15-8-11/h3-4,6,8-9H,5,7,10H2,1-2H3,(H,16,22)(H,18,19,23). The number of pyridine rings is 1. The molecule has 0 radical (unpaired) electrons. The number of carbonyl (C=O) groups excluding carboxylic acids is 2. The van der Waals surface area contributed by atoms with Crippen LogP contribution in [-0.2, 0) is 17.8 Å². The van der Waals surface area contributed by atoms with Crippen molar-refractivity contribution in [2.45, 2.75) is 13.0 Å². The summed E-state index contributed by atoms with van der Waals surface area (Å²) < 4.78 is 0. The minimum absolute atomic E-state index is 0.00905. The number of carbonyl (C=O) groups is 2. The Kier molecular flexibility index (Phi) is 5.61. The predicted molar refractivity (Wildman–Crippen MR) is 83.7 cm³/mol. The van der Waals surface area contributed by atoms with Crippen molar-refractivity contribution >= 4 is 17.8 Å². The van der Waals surface area contributed by atoms with Crippen molar-refractivity contribution < 1.29 is 9.59 Å². The van der Waals surface area contributed by atoms with Gasteiger partial charge in [-0.3, -0.25) is 15.1 Å². The highest BCUT2D eigenvalue weighted by molar-refractivity contribution is 5.87. The molecule has 122 valence electrons. The van der Waals surface area contributed by atoms with Crippen LogP contribution < -0.4 is 10.6 Å². The Bertz CT molecular complexity index is 654. The van der Waals surface area contributed by atoms with Gasteiger partial charge in [0.05, 0.1) is 6.20 Å². The molecule has 3 amide bonds. The van der Waals surface area contributed by atoms with Crippen LogP contribution in [0.2, 0.25) is 0 Å². The van der Waals surface area contributed by atoms with Crippen LogP contribution in [0, 0.1) is 0 Å². The number of aromatic nitrogens is 4. The van der Waals surface area contributed by atoms with Crippen molar-refractivity contribution in [1.29, 1.82) is 0 Å². The average molecular weight is 317 g/mol. The number of rotatable bonds is 6. The zero-order chi connectivity index (χ0) is 16.7. The number of amides is 3. The lowest BCUT2D eigenvalue weighted by Crippen LogP contribution is -2.30. The summed E-state index contributed by atoms with van der Waals surface area (Å²) in [5, 5.41) is 13.3. The molecule has 0 fully saturated rings. The monoisotopic (exact) mass is 317 g/mol. The van der Waals surface area contributed by atoms with Crippen molar-refractivity contribution in [3.8, 4) is 0 Å². The van der Waals surface area contributed by atoms with Crippen LogP contribution in [-0.4, -0.2) is 57.5 Å². The van der Waals surface area contributed by atoms with E-state index in [2.05, 4.69) is 25.8 Å². The van der Waals surface area contributed by atoms with Crippen LogP contribution in [0.5, 0.6) is 0 Å². The van der Waals surface area contributed by atoms with E-state index in [4.69, 9.17) is 0 Å². The molecule has 2 aromatic heterocycles. The minimum Gasteiger partial charge on any atom is -0.354 e. The van der Waals surface area contributed by atoms with Crippen molar-refractivity contribution in [3.63, 3.8) is 0 Å². The molecule has 0 atom stereocenters. The zero-order valence-electron chi connectivity index (χ0n) is 13.1. The molecule has 9 heteroatoms. The van der Waals surface area contributed by atoms with Gasteiger partial charge in [-0.05, 0) is 18.1 Å². The molecule has 2 N–H and O–H groups in total. The molecule has 0 aliphatic heterocycles. The lowest BCUT2D eigenvalue weighted by molar-refractivity contribution is -0.122. The molecule has 0 aromatic carbocycles. The molecule has 0 bridgehead atoms. The van der Waals surface area contributed by atoms with Crippen molar-refractivity contribution in [1.82, 2.24) is 30.2 Å². The van der Waals surface area contributed by atoms with Crippen LogP contribution in [0.4, 0.5) is 10.6 Å². The topological polar surface area (TPSA) is 105 Å². The first-order valence-electron chi connectivity index (χ1n) is 7.08. The molecule has 0 aliphatic carbocycles. The quantitative estimate of drug-likeness (QED) is 0.787. The molecule has 0 saturated heterocycles. The first-order chi connectivity index (χ1) is 11.0. The second-order valence-electron chi connectivity index (χ2n) is 5.05. The largest absolute Gasteiger partial charge is 0.354 e. The van der Waals surface area contributed by atoms with Gasteiger partial charge in [0, 0.05) is 33.0 Å². The molecule has 2 rings (SSSR count). The summed E-state index contributed by atoms with van der Waals surface area (Å²) in [6.07, 6.45) is 5.57. The Hall–Kier alpha value is -2.97. The van der Waals surface area contributed by atoms with Crippen LogP contribution in [0.25, 0.3) is 0 Å². The van der Waals surface area contributed by atoms with E-state index in [1.165, 1.54) is 15.9 Å². The highest BCUT2D eigenvalue weighted by Crippen LogP contribution is 2.00. The summed E-state index contributed by atoms with van der Waals surface area (Å²) in [7, 11) is 3.24. The average Bonchev–Trinajstić information content (AvgIpc) is 2.95. The van der Waals surface area contributed by atoms with E-state index in [0.717, 1.165) is 5.56 Å². The Balaban J connectivity index is 1.75. The Morgan fingerprint density at radius 3 is 2.83 bits per heavy atom.